The van der Waals surface area contributed by atoms with Gasteiger partial charge in [-0.2, -0.15) is 0 Å². The minimum atomic E-state index is -0.0508. The molecular formula is C18H29N3O2. The van der Waals surface area contributed by atoms with Crippen molar-refractivity contribution in [1.29, 1.82) is 0 Å². The first-order valence-electron chi connectivity index (χ1n) is 8.13. The van der Waals surface area contributed by atoms with Gasteiger partial charge in [0.05, 0.1) is 0 Å². The molecule has 0 aliphatic rings. The molecule has 0 radical (unpaired) electrons. The summed E-state index contributed by atoms with van der Waals surface area (Å²) in [7, 11) is 3.94. The maximum absolute atomic E-state index is 12.2. The quantitative estimate of drug-likeness (QED) is 0.800. The largest absolute Gasteiger partial charge is 0.341 e. The van der Waals surface area contributed by atoms with Crippen LogP contribution in [-0.2, 0) is 16.0 Å². The van der Waals surface area contributed by atoms with Crippen LogP contribution in [0.25, 0.3) is 0 Å². The summed E-state index contributed by atoms with van der Waals surface area (Å²) >= 11 is 0. The molecule has 0 aliphatic carbocycles. The van der Waals surface area contributed by atoms with Crippen molar-refractivity contribution in [2.45, 2.75) is 33.6 Å². The molecule has 0 fully saturated rings. The molecule has 0 aliphatic heterocycles. The van der Waals surface area contributed by atoms with Gasteiger partial charge in [0, 0.05) is 38.7 Å². The molecule has 0 atom stereocenters. The van der Waals surface area contributed by atoms with Gasteiger partial charge in [-0.25, -0.2) is 0 Å². The van der Waals surface area contributed by atoms with Crippen LogP contribution >= 0.6 is 0 Å². The monoisotopic (exact) mass is 319 g/mol. The summed E-state index contributed by atoms with van der Waals surface area (Å²) in [5.41, 5.74) is 3.10. The van der Waals surface area contributed by atoms with E-state index in [2.05, 4.69) is 12.2 Å². The third kappa shape index (κ3) is 6.40. The summed E-state index contributed by atoms with van der Waals surface area (Å²) in [6.07, 6.45) is 1.18. The number of nitrogens with one attached hydrogen (secondary N) is 1. The van der Waals surface area contributed by atoms with Crippen molar-refractivity contribution in [3.05, 3.63) is 29.3 Å². The fraction of sp³-hybridized carbons (Fsp3) is 0.556. The van der Waals surface area contributed by atoms with E-state index in [9.17, 15) is 9.59 Å². The third-order valence-electron chi connectivity index (χ3n) is 3.88. The number of hydrogen-bond acceptors (Lipinski definition) is 3. The molecule has 0 saturated heterocycles. The van der Waals surface area contributed by atoms with Gasteiger partial charge in [0.25, 0.3) is 0 Å². The van der Waals surface area contributed by atoms with Gasteiger partial charge in [-0.15, -0.1) is 0 Å². The minimum Gasteiger partial charge on any atom is -0.341 e. The molecule has 2 amide bonds. The average molecular weight is 319 g/mol. The summed E-state index contributed by atoms with van der Waals surface area (Å²) < 4.78 is 0. The van der Waals surface area contributed by atoms with Crippen LogP contribution in [0, 0.1) is 6.92 Å². The highest BCUT2D eigenvalue weighted by molar-refractivity contribution is 5.92. The van der Waals surface area contributed by atoms with Crippen LogP contribution in [0.3, 0.4) is 0 Å². The number of likely N-dealkylation sites (N-methyl/N-ethyl adjacent to an activating group) is 1. The molecule has 5 heteroatoms. The van der Waals surface area contributed by atoms with Gasteiger partial charge in [-0.05, 0) is 38.6 Å². The van der Waals surface area contributed by atoms with Crippen molar-refractivity contribution >= 4 is 17.5 Å². The van der Waals surface area contributed by atoms with Crippen LogP contribution in [0.4, 0.5) is 5.69 Å². The lowest BCUT2D eigenvalue weighted by molar-refractivity contribution is -0.129. The summed E-state index contributed by atoms with van der Waals surface area (Å²) in [5.74, 6) is -0.0464. The highest BCUT2D eigenvalue weighted by Crippen LogP contribution is 2.21. The second-order valence-corrected chi connectivity index (χ2v) is 6.07. The molecule has 1 aromatic rings. The number of hydrogen-bond donors (Lipinski definition) is 1. The van der Waals surface area contributed by atoms with Crippen LogP contribution in [-0.4, -0.2) is 55.3 Å². The smallest absolute Gasteiger partial charge is 0.226 e. The van der Waals surface area contributed by atoms with Crippen LogP contribution in [0.5, 0.6) is 0 Å². The topological polar surface area (TPSA) is 52.7 Å². The van der Waals surface area contributed by atoms with E-state index in [1.54, 1.807) is 11.8 Å². The van der Waals surface area contributed by atoms with E-state index in [1.807, 2.05) is 44.1 Å². The molecule has 1 rings (SSSR count). The van der Waals surface area contributed by atoms with Gasteiger partial charge >= 0.3 is 0 Å². The SMILES string of the molecule is CCc1cccc(C)c1NC(=O)CCN(CCN(C)C)C(C)=O. The highest BCUT2D eigenvalue weighted by Gasteiger charge is 2.13. The number of anilines is 1. The van der Waals surface area contributed by atoms with Crippen molar-refractivity contribution in [3.8, 4) is 0 Å². The first kappa shape index (κ1) is 19.2. The Kier molecular flexibility index (Phi) is 7.75. The maximum atomic E-state index is 12.2. The molecule has 5 nitrogen and oxygen atoms in total. The van der Waals surface area contributed by atoms with Crippen LogP contribution < -0.4 is 5.32 Å². The normalized spacial score (nSPS) is 10.7. The Hall–Kier alpha value is -1.88. The molecule has 23 heavy (non-hydrogen) atoms. The lowest BCUT2D eigenvalue weighted by Crippen LogP contribution is -2.37. The molecular weight excluding hydrogens is 290 g/mol. The Morgan fingerprint density at radius 3 is 2.39 bits per heavy atom. The average Bonchev–Trinajstić information content (AvgIpc) is 2.48. The number of para-hydroxylation sites is 1. The van der Waals surface area contributed by atoms with Gasteiger partial charge in [0.15, 0.2) is 0 Å². The Morgan fingerprint density at radius 1 is 1.13 bits per heavy atom. The molecule has 0 bridgehead atoms. The lowest BCUT2D eigenvalue weighted by Gasteiger charge is -2.23. The van der Waals surface area contributed by atoms with Crippen molar-refractivity contribution in [2.24, 2.45) is 0 Å². The Labute approximate surface area is 139 Å². The number of amides is 2. The molecule has 1 aromatic carbocycles. The molecule has 0 spiro atoms. The number of aryl methyl sites for hydroxylation is 2. The van der Waals surface area contributed by atoms with Gasteiger partial charge < -0.3 is 15.1 Å². The molecule has 128 valence electrons. The van der Waals surface area contributed by atoms with Crippen LogP contribution in [0.15, 0.2) is 18.2 Å². The first-order chi connectivity index (χ1) is 10.8. The molecule has 0 unspecified atom stereocenters. The Bertz CT molecular complexity index is 541. The van der Waals surface area contributed by atoms with Crippen molar-refractivity contribution < 1.29 is 9.59 Å². The molecule has 1 N–H and O–H groups in total. The van der Waals surface area contributed by atoms with Crippen molar-refractivity contribution in [2.75, 3.05) is 39.0 Å². The summed E-state index contributed by atoms with van der Waals surface area (Å²) in [6, 6.07) is 6.03. The maximum Gasteiger partial charge on any atom is 0.226 e. The van der Waals surface area contributed by atoms with Crippen LogP contribution in [0.1, 0.15) is 31.4 Å². The van der Waals surface area contributed by atoms with E-state index < -0.39 is 0 Å². The van der Waals surface area contributed by atoms with E-state index in [0.29, 0.717) is 19.5 Å². The lowest BCUT2D eigenvalue weighted by atomic mass is 10.1. The standard InChI is InChI=1S/C18H29N3O2/c1-6-16-9-7-8-14(2)18(16)19-17(23)10-11-21(15(3)22)13-12-20(4)5/h7-9H,6,10-13H2,1-5H3,(H,19,23). The number of benzene rings is 1. The van der Waals surface area contributed by atoms with Crippen LogP contribution in [0.2, 0.25) is 0 Å². The fourth-order valence-corrected chi connectivity index (χ4v) is 2.39. The summed E-state index contributed by atoms with van der Waals surface area (Å²) in [4.78, 5) is 27.6. The number of nitrogens with zero attached hydrogens (tertiary/aromatic N) is 2. The summed E-state index contributed by atoms with van der Waals surface area (Å²) in [5, 5.41) is 3.00. The number of carbonyl (C=O) groups excluding carboxylic acids is 2. The van der Waals surface area contributed by atoms with Crippen molar-refractivity contribution in [3.63, 3.8) is 0 Å². The second-order valence-electron chi connectivity index (χ2n) is 6.07. The van der Waals surface area contributed by atoms with E-state index >= 15 is 0 Å². The Balaban J connectivity index is 2.61. The zero-order valence-electron chi connectivity index (χ0n) is 15.0. The van der Waals surface area contributed by atoms with Gasteiger partial charge in [0.2, 0.25) is 11.8 Å². The van der Waals surface area contributed by atoms with Gasteiger partial charge in [-0.3, -0.25) is 9.59 Å². The molecule has 0 saturated carbocycles. The minimum absolute atomic E-state index is 0.00443. The predicted molar refractivity (Wildman–Crippen MR) is 94.6 cm³/mol. The first-order valence-corrected chi connectivity index (χ1v) is 8.13. The fourth-order valence-electron chi connectivity index (χ4n) is 2.39. The zero-order valence-corrected chi connectivity index (χ0v) is 15.0. The van der Waals surface area contributed by atoms with E-state index in [0.717, 1.165) is 29.8 Å². The van der Waals surface area contributed by atoms with Gasteiger partial charge in [-0.1, -0.05) is 25.1 Å². The number of rotatable bonds is 8. The van der Waals surface area contributed by atoms with Crippen molar-refractivity contribution in [1.82, 2.24) is 9.80 Å². The number of carbonyl (C=O) groups is 2. The highest BCUT2D eigenvalue weighted by atomic mass is 16.2. The second kappa shape index (κ2) is 9.30. The third-order valence-corrected chi connectivity index (χ3v) is 3.88. The molecule has 0 heterocycles. The summed E-state index contributed by atoms with van der Waals surface area (Å²) in [6.45, 7) is 7.49. The molecule has 0 aromatic heterocycles. The van der Waals surface area contributed by atoms with E-state index in [1.165, 1.54) is 0 Å². The predicted octanol–water partition coefficient (Wildman–Crippen LogP) is 2.30. The van der Waals surface area contributed by atoms with E-state index in [4.69, 9.17) is 0 Å². The Morgan fingerprint density at radius 2 is 1.83 bits per heavy atom. The zero-order chi connectivity index (χ0) is 17.4. The van der Waals surface area contributed by atoms with E-state index in [-0.39, 0.29) is 11.8 Å². The van der Waals surface area contributed by atoms with Gasteiger partial charge in [0.1, 0.15) is 0 Å².